The molecule has 0 spiro atoms. The van der Waals surface area contributed by atoms with E-state index < -0.39 is 5.97 Å². The van der Waals surface area contributed by atoms with E-state index in [-0.39, 0.29) is 11.8 Å². The summed E-state index contributed by atoms with van der Waals surface area (Å²) >= 11 is 0. The molecule has 0 amide bonds. The van der Waals surface area contributed by atoms with Crippen molar-refractivity contribution < 1.29 is 19.4 Å². The number of pyridine rings is 1. The smallest absolute Gasteiger partial charge is 0.354 e. The Hall–Kier alpha value is -2.76. The highest BCUT2D eigenvalue weighted by Gasteiger charge is 2.23. The molecule has 126 valence electrons. The normalized spacial score (nSPS) is 15.1. The fraction of sp³-hybridized carbons (Fsp3) is 0.333. The lowest BCUT2D eigenvalue weighted by Gasteiger charge is -2.33. The Morgan fingerprint density at radius 3 is 2.50 bits per heavy atom. The average molecular weight is 328 g/mol. The zero-order valence-corrected chi connectivity index (χ0v) is 13.5. The van der Waals surface area contributed by atoms with Crippen LogP contribution in [0.15, 0.2) is 42.5 Å². The maximum atomic E-state index is 11.0. The van der Waals surface area contributed by atoms with Gasteiger partial charge in [0.05, 0.1) is 7.11 Å². The Kier molecular flexibility index (Phi) is 4.84. The number of hydrogen-bond acceptors (Lipinski definition) is 5. The fourth-order valence-corrected chi connectivity index (χ4v) is 2.82. The first kappa shape index (κ1) is 16.1. The lowest BCUT2D eigenvalue weighted by atomic mass is 10.1. The van der Waals surface area contributed by atoms with Gasteiger partial charge in [0.2, 0.25) is 0 Å². The van der Waals surface area contributed by atoms with Gasteiger partial charge in [-0.3, -0.25) is 0 Å². The molecule has 0 bridgehead atoms. The van der Waals surface area contributed by atoms with Crippen molar-refractivity contribution >= 4 is 11.8 Å². The number of methoxy groups -OCH3 is 1. The summed E-state index contributed by atoms with van der Waals surface area (Å²) in [5, 5.41) is 9.05. The molecule has 0 radical (unpaired) electrons. The van der Waals surface area contributed by atoms with Crippen LogP contribution in [0, 0.1) is 0 Å². The molecule has 0 saturated carbocycles. The van der Waals surface area contributed by atoms with Crippen LogP contribution in [-0.4, -0.2) is 42.4 Å². The Morgan fingerprint density at radius 1 is 1.12 bits per heavy atom. The standard InChI is InChI=1S/C18H20N2O4/c1-23-15-6-2-3-7-16(15)24-13-9-11-20(12-10-13)17-8-4-5-14(19-17)18(21)22/h2-8,13H,9-12H2,1H3,(H,21,22). The second-order valence-electron chi connectivity index (χ2n) is 5.64. The second kappa shape index (κ2) is 7.21. The number of piperidine rings is 1. The maximum Gasteiger partial charge on any atom is 0.354 e. The van der Waals surface area contributed by atoms with Crippen molar-refractivity contribution in [3.05, 3.63) is 48.2 Å². The molecular weight excluding hydrogens is 308 g/mol. The Bertz CT molecular complexity index is 712. The fourth-order valence-electron chi connectivity index (χ4n) is 2.82. The van der Waals surface area contributed by atoms with Crippen LogP contribution in [0.2, 0.25) is 0 Å². The molecule has 1 aromatic heterocycles. The van der Waals surface area contributed by atoms with Crippen LogP contribution in [-0.2, 0) is 0 Å². The summed E-state index contributed by atoms with van der Waals surface area (Å²) in [6.07, 6.45) is 1.80. The summed E-state index contributed by atoms with van der Waals surface area (Å²) in [5.41, 5.74) is 0.0693. The van der Waals surface area contributed by atoms with E-state index in [0.717, 1.165) is 37.4 Å². The van der Waals surface area contributed by atoms with Crippen molar-refractivity contribution in [1.82, 2.24) is 4.98 Å². The van der Waals surface area contributed by atoms with E-state index >= 15 is 0 Å². The first-order valence-corrected chi connectivity index (χ1v) is 7.92. The largest absolute Gasteiger partial charge is 0.493 e. The lowest BCUT2D eigenvalue weighted by molar-refractivity contribution is 0.0690. The highest BCUT2D eigenvalue weighted by molar-refractivity contribution is 5.85. The van der Waals surface area contributed by atoms with Gasteiger partial charge in [-0.05, 0) is 24.3 Å². The number of anilines is 1. The van der Waals surface area contributed by atoms with Gasteiger partial charge in [0.1, 0.15) is 11.9 Å². The highest BCUT2D eigenvalue weighted by atomic mass is 16.5. The van der Waals surface area contributed by atoms with Crippen molar-refractivity contribution in [2.75, 3.05) is 25.1 Å². The molecule has 6 heteroatoms. The Balaban J connectivity index is 1.62. The predicted octanol–water partition coefficient (Wildman–Crippen LogP) is 2.84. The van der Waals surface area contributed by atoms with E-state index in [1.807, 2.05) is 30.3 Å². The van der Waals surface area contributed by atoms with E-state index in [1.165, 1.54) is 6.07 Å². The molecule has 0 aliphatic carbocycles. The molecule has 1 fully saturated rings. The SMILES string of the molecule is COc1ccccc1OC1CCN(c2cccc(C(=O)O)n2)CC1. The van der Waals surface area contributed by atoms with Crippen molar-refractivity contribution in [3.8, 4) is 11.5 Å². The van der Waals surface area contributed by atoms with Crippen LogP contribution in [0.3, 0.4) is 0 Å². The quantitative estimate of drug-likeness (QED) is 0.910. The Labute approximate surface area is 140 Å². The van der Waals surface area contributed by atoms with Gasteiger partial charge in [0.25, 0.3) is 0 Å². The zero-order valence-electron chi connectivity index (χ0n) is 13.5. The van der Waals surface area contributed by atoms with Gasteiger partial charge >= 0.3 is 5.97 Å². The molecular formula is C18H20N2O4. The van der Waals surface area contributed by atoms with Gasteiger partial charge in [-0.15, -0.1) is 0 Å². The molecule has 1 aromatic carbocycles. The molecule has 2 heterocycles. The number of nitrogens with zero attached hydrogens (tertiary/aromatic N) is 2. The summed E-state index contributed by atoms with van der Waals surface area (Å²) in [7, 11) is 1.63. The first-order chi connectivity index (χ1) is 11.7. The van der Waals surface area contributed by atoms with Gasteiger partial charge in [-0.25, -0.2) is 9.78 Å². The maximum absolute atomic E-state index is 11.0. The summed E-state index contributed by atoms with van der Waals surface area (Å²) in [5.74, 6) is 1.18. The number of aromatic nitrogens is 1. The van der Waals surface area contributed by atoms with Crippen LogP contribution in [0.1, 0.15) is 23.3 Å². The second-order valence-corrected chi connectivity index (χ2v) is 5.64. The minimum Gasteiger partial charge on any atom is -0.493 e. The average Bonchev–Trinajstić information content (AvgIpc) is 2.63. The molecule has 6 nitrogen and oxygen atoms in total. The molecule has 1 saturated heterocycles. The van der Waals surface area contributed by atoms with E-state index in [9.17, 15) is 4.79 Å². The molecule has 1 N–H and O–H groups in total. The van der Waals surface area contributed by atoms with Gasteiger partial charge in [-0.2, -0.15) is 0 Å². The third-order valence-electron chi connectivity index (χ3n) is 4.08. The van der Waals surface area contributed by atoms with Gasteiger partial charge < -0.3 is 19.5 Å². The number of hydrogen-bond donors (Lipinski definition) is 1. The summed E-state index contributed by atoms with van der Waals surface area (Å²) in [4.78, 5) is 17.3. The van der Waals surface area contributed by atoms with Crippen LogP contribution >= 0.6 is 0 Å². The summed E-state index contributed by atoms with van der Waals surface area (Å²) < 4.78 is 11.4. The van der Waals surface area contributed by atoms with Crippen LogP contribution in [0.25, 0.3) is 0 Å². The van der Waals surface area contributed by atoms with Crippen LogP contribution in [0.5, 0.6) is 11.5 Å². The number of ether oxygens (including phenoxy) is 2. The topological polar surface area (TPSA) is 71.9 Å². The van der Waals surface area contributed by atoms with E-state index in [2.05, 4.69) is 9.88 Å². The van der Waals surface area contributed by atoms with Gasteiger partial charge in [0.15, 0.2) is 17.2 Å². The number of carbonyl (C=O) groups is 1. The third kappa shape index (κ3) is 3.59. The Morgan fingerprint density at radius 2 is 1.83 bits per heavy atom. The summed E-state index contributed by atoms with van der Waals surface area (Å²) in [6, 6.07) is 12.7. The number of carboxylic acids is 1. The first-order valence-electron chi connectivity index (χ1n) is 7.92. The minimum atomic E-state index is -1.01. The highest BCUT2D eigenvalue weighted by Crippen LogP contribution is 2.29. The molecule has 1 aliphatic rings. The minimum absolute atomic E-state index is 0.0693. The predicted molar refractivity (Wildman–Crippen MR) is 90.1 cm³/mol. The number of aromatic carboxylic acids is 1. The number of rotatable bonds is 5. The van der Waals surface area contributed by atoms with E-state index in [1.54, 1.807) is 13.2 Å². The van der Waals surface area contributed by atoms with Crippen molar-refractivity contribution in [3.63, 3.8) is 0 Å². The zero-order chi connectivity index (χ0) is 16.9. The number of carboxylic acid groups (broad SMARTS) is 1. The van der Waals surface area contributed by atoms with Crippen molar-refractivity contribution in [2.24, 2.45) is 0 Å². The van der Waals surface area contributed by atoms with Crippen LogP contribution in [0.4, 0.5) is 5.82 Å². The summed E-state index contributed by atoms with van der Waals surface area (Å²) in [6.45, 7) is 1.55. The van der Waals surface area contributed by atoms with Gasteiger partial charge in [-0.1, -0.05) is 18.2 Å². The van der Waals surface area contributed by atoms with E-state index in [4.69, 9.17) is 14.6 Å². The van der Waals surface area contributed by atoms with Crippen molar-refractivity contribution in [1.29, 1.82) is 0 Å². The number of benzene rings is 1. The molecule has 2 aromatic rings. The van der Waals surface area contributed by atoms with E-state index in [0.29, 0.717) is 5.82 Å². The van der Waals surface area contributed by atoms with Crippen molar-refractivity contribution in [2.45, 2.75) is 18.9 Å². The lowest BCUT2D eigenvalue weighted by Crippen LogP contribution is -2.38. The molecule has 0 unspecified atom stereocenters. The third-order valence-corrected chi connectivity index (χ3v) is 4.08. The molecule has 0 atom stereocenters. The molecule has 1 aliphatic heterocycles. The van der Waals surface area contributed by atoms with Gasteiger partial charge in [0, 0.05) is 25.9 Å². The monoisotopic (exact) mass is 328 g/mol. The van der Waals surface area contributed by atoms with Crippen LogP contribution < -0.4 is 14.4 Å². The number of para-hydroxylation sites is 2. The molecule has 3 rings (SSSR count). The molecule has 24 heavy (non-hydrogen) atoms.